The van der Waals surface area contributed by atoms with E-state index < -0.39 is 23.0 Å². The Labute approximate surface area is 222 Å². The summed E-state index contributed by atoms with van der Waals surface area (Å²) in [6.07, 6.45) is 1.68. The Morgan fingerprint density at radius 3 is 2.47 bits per heavy atom. The first-order valence-corrected chi connectivity index (χ1v) is 13.2. The summed E-state index contributed by atoms with van der Waals surface area (Å²) in [6, 6.07) is 11.8. The van der Waals surface area contributed by atoms with Crippen LogP contribution in [0.15, 0.2) is 42.5 Å². The van der Waals surface area contributed by atoms with Gasteiger partial charge in [0.25, 0.3) is 0 Å². The maximum atomic E-state index is 14.1. The van der Waals surface area contributed by atoms with Crippen LogP contribution >= 0.6 is 23.2 Å². The molecule has 1 aliphatic carbocycles. The standard InChI is InChI=1S/C28H33Cl2N3O3/c1-26(2,3)14-21-28(19-9-8-17(30)11-20(19)32-25(28)35)22(15-6-5-7-16(29)10-15)23(33-21)24(34)31-18-12-27(4,36)13-18/h5-11,18,21-23,33,36H,12-14H2,1-4H3,(H,31,34)(H,32,35)/t18?,21-,22-,23+,27?,28-/m0/s1. The summed E-state index contributed by atoms with van der Waals surface area (Å²) in [4.78, 5) is 27.9. The Kier molecular flexibility index (Phi) is 6.19. The number of rotatable bonds is 4. The van der Waals surface area contributed by atoms with Crippen molar-refractivity contribution in [1.29, 1.82) is 0 Å². The van der Waals surface area contributed by atoms with Crippen molar-refractivity contribution in [2.75, 3.05) is 5.32 Å². The molecule has 0 radical (unpaired) electrons. The quantitative estimate of drug-likeness (QED) is 0.459. The second-order valence-corrected chi connectivity index (χ2v) is 13.0. The molecule has 1 saturated carbocycles. The van der Waals surface area contributed by atoms with E-state index in [1.54, 1.807) is 25.1 Å². The number of benzene rings is 2. The molecule has 192 valence electrons. The van der Waals surface area contributed by atoms with Crippen molar-refractivity contribution in [3.05, 3.63) is 63.6 Å². The van der Waals surface area contributed by atoms with Gasteiger partial charge in [-0.1, -0.05) is 62.2 Å². The average molecular weight is 530 g/mol. The Balaban J connectivity index is 1.66. The van der Waals surface area contributed by atoms with E-state index in [9.17, 15) is 14.7 Å². The molecular formula is C28H33Cl2N3O3. The molecule has 2 aromatic rings. The zero-order valence-corrected chi connectivity index (χ0v) is 22.5. The summed E-state index contributed by atoms with van der Waals surface area (Å²) in [7, 11) is 0. The molecule has 1 saturated heterocycles. The molecule has 2 heterocycles. The highest BCUT2D eigenvalue weighted by atomic mass is 35.5. The van der Waals surface area contributed by atoms with Crippen LogP contribution in [0.25, 0.3) is 0 Å². The molecule has 3 aliphatic rings. The fourth-order valence-electron chi connectivity index (χ4n) is 6.52. The van der Waals surface area contributed by atoms with Crippen LogP contribution < -0.4 is 16.0 Å². The van der Waals surface area contributed by atoms with E-state index in [0.717, 1.165) is 11.1 Å². The lowest BCUT2D eigenvalue weighted by Crippen LogP contribution is -2.57. The SMILES string of the molecule is CC(C)(C)C[C@@H]1N[C@@H](C(=O)NC2CC(C)(O)C2)[C@H](c2cccc(Cl)c2)[C@@]12C(=O)Nc1cc(Cl)ccc12. The minimum atomic E-state index is -1.04. The number of halogens is 2. The monoisotopic (exact) mass is 529 g/mol. The van der Waals surface area contributed by atoms with Crippen LogP contribution in [0.5, 0.6) is 0 Å². The van der Waals surface area contributed by atoms with Crippen LogP contribution in [0.3, 0.4) is 0 Å². The van der Waals surface area contributed by atoms with Crippen LogP contribution in [0.2, 0.25) is 10.0 Å². The largest absolute Gasteiger partial charge is 0.390 e. The molecule has 8 heteroatoms. The van der Waals surface area contributed by atoms with Crippen LogP contribution in [0.4, 0.5) is 5.69 Å². The number of aliphatic hydroxyl groups is 1. The van der Waals surface area contributed by atoms with E-state index in [1.165, 1.54) is 0 Å². The van der Waals surface area contributed by atoms with Crippen molar-refractivity contribution in [2.24, 2.45) is 5.41 Å². The maximum absolute atomic E-state index is 14.1. The zero-order chi connectivity index (χ0) is 26.0. The average Bonchev–Trinajstić information content (AvgIpc) is 3.21. The summed E-state index contributed by atoms with van der Waals surface area (Å²) >= 11 is 12.7. The van der Waals surface area contributed by atoms with E-state index in [0.29, 0.717) is 35.0 Å². The number of fused-ring (bicyclic) bond motifs is 2. The highest BCUT2D eigenvalue weighted by Crippen LogP contribution is 2.56. The number of carbonyl (C=O) groups excluding carboxylic acids is 2. The second kappa shape index (κ2) is 8.73. The first kappa shape index (κ1) is 25.5. The van der Waals surface area contributed by atoms with Crippen molar-refractivity contribution in [3.8, 4) is 0 Å². The van der Waals surface area contributed by atoms with Gasteiger partial charge in [0.1, 0.15) is 5.41 Å². The molecule has 1 spiro atoms. The summed E-state index contributed by atoms with van der Waals surface area (Å²) in [6.45, 7) is 8.18. The third kappa shape index (κ3) is 4.32. The Morgan fingerprint density at radius 1 is 1.14 bits per heavy atom. The Hall–Kier alpha value is -2.12. The smallest absolute Gasteiger partial charge is 0.238 e. The van der Waals surface area contributed by atoms with E-state index in [1.807, 2.05) is 24.3 Å². The van der Waals surface area contributed by atoms with Gasteiger partial charge in [-0.3, -0.25) is 9.59 Å². The predicted octanol–water partition coefficient (Wildman–Crippen LogP) is 4.77. The van der Waals surface area contributed by atoms with Gasteiger partial charge in [0.05, 0.1) is 11.6 Å². The molecule has 0 bridgehead atoms. The zero-order valence-electron chi connectivity index (χ0n) is 21.0. The van der Waals surface area contributed by atoms with Gasteiger partial charge in [-0.15, -0.1) is 0 Å². The van der Waals surface area contributed by atoms with Gasteiger partial charge in [0.15, 0.2) is 0 Å². The molecule has 4 N–H and O–H groups in total. The number of amides is 2. The topological polar surface area (TPSA) is 90.5 Å². The number of carbonyl (C=O) groups is 2. The number of hydrogen-bond acceptors (Lipinski definition) is 4. The van der Waals surface area contributed by atoms with Crippen LogP contribution in [0, 0.1) is 5.41 Å². The van der Waals surface area contributed by atoms with Gasteiger partial charge in [-0.05, 0) is 67.0 Å². The predicted molar refractivity (Wildman–Crippen MR) is 143 cm³/mol. The summed E-state index contributed by atoms with van der Waals surface area (Å²) in [5.74, 6) is -0.827. The highest BCUT2D eigenvalue weighted by molar-refractivity contribution is 6.31. The molecule has 36 heavy (non-hydrogen) atoms. The lowest BCUT2D eigenvalue weighted by molar-refractivity contribution is -0.127. The van der Waals surface area contributed by atoms with Crippen molar-refractivity contribution in [1.82, 2.24) is 10.6 Å². The number of anilines is 1. The second-order valence-electron chi connectivity index (χ2n) is 12.1. The Morgan fingerprint density at radius 2 is 1.83 bits per heavy atom. The molecule has 2 aromatic carbocycles. The van der Waals surface area contributed by atoms with E-state index in [2.05, 4.69) is 36.7 Å². The van der Waals surface area contributed by atoms with Crippen LogP contribution in [0.1, 0.15) is 64.0 Å². The summed E-state index contributed by atoms with van der Waals surface area (Å²) in [5.41, 5.74) is 0.432. The lowest BCUT2D eigenvalue weighted by atomic mass is 9.62. The fraction of sp³-hybridized carbons (Fsp3) is 0.500. The minimum absolute atomic E-state index is 0.101. The molecule has 6 nitrogen and oxygen atoms in total. The van der Waals surface area contributed by atoms with Gasteiger partial charge in [-0.25, -0.2) is 0 Å². The summed E-state index contributed by atoms with van der Waals surface area (Å²) < 4.78 is 0. The van der Waals surface area contributed by atoms with Gasteiger partial charge in [-0.2, -0.15) is 0 Å². The van der Waals surface area contributed by atoms with Crippen molar-refractivity contribution in [2.45, 2.75) is 82.0 Å². The van der Waals surface area contributed by atoms with Gasteiger partial charge in [0, 0.05) is 33.7 Å². The normalized spacial score (nSPS) is 33.2. The van der Waals surface area contributed by atoms with Gasteiger partial charge >= 0.3 is 0 Å². The molecule has 4 atom stereocenters. The van der Waals surface area contributed by atoms with Crippen molar-refractivity contribution >= 4 is 40.7 Å². The van der Waals surface area contributed by atoms with Gasteiger partial charge < -0.3 is 21.1 Å². The third-order valence-electron chi connectivity index (χ3n) is 7.83. The first-order valence-electron chi connectivity index (χ1n) is 12.5. The fourth-order valence-corrected chi connectivity index (χ4v) is 6.89. The molecule has 5 rings (SSSR count). The first-order chi connectivity index (χ1) is 16.8. The van der Waals surface area contributed by atoms with Crippen molar-refractivity contribution < 1.29 is 14.7 Å². The third-order valence-corrected chi connectivity index (χ3v) is 8.30. The number of hydrogen-bond donors (Lipinski definition) is 4. The van der Waals surface area contributed by atoms with E-state index in [-0.39, 0.29) is 29.3 Å². The lowest BCUT2D eigenvalue weighted by Gasteiger charge is -2.42. The molecule has 2 amide bonds. The summed E-state index contributed by atoms with van der Waals surface area (Å²) in [5, 5.41) is 21.1. The minimum Gasteiger partial charge on any atom is -0.390 e. The highest BCUT2D eigenvalue weighted by Gasteiger charge is 2.65. The van der Waals surface area contributed by atoms with E-state index >= 15 is 0 Å². The molecule has 2 fully saturated rings. The molecular weight excluding hydrogens is 497 g/mol. The molecule has 0 aromatic heterocycles. The molecule has 0 unspecified atom stereocenters. The van der Waals surface area contributed by atoms with Crippen LogP contribution in [-0.2, 0) is 15.0 Å². The van der Waals surface area contributed by atoms with Gasteiger partial charge in [0.2, 0.25) is 11.8 Å². The maximum Gasteiger partial charge on any atom is 0.238 e. The molecule has 2 aliphatic heterocycles. The van der Waals surface area contributed by atoms with E-state index in [4.69, 9.17) is 23.2 Å². The van der Waals surface area contributed by atoms with Crippen molar-refractivity contribution in [3.63, 3.8) is 0 Å². The van der Waals surface area contributed by atoms with Crippen LogP contribution in [-0.4, -0.2) is 40.6 Å². The number of nitrogens with one attached hydrogen (secondary N) is 3. The Bertz CT molecular complexity index is 1220.